The molecule has 0 aromatic carbocycles. The molecule has 0 heterocycles. The Balaban J connectivity index is -0.0000000150. The molecular weight excluding hydrogens is 302 g/mol. The molecule has 0 N–H and O–H groups in total. The third-order valence-electron chi connectivity index (χ3n) is 0. The average molecular weight is 305 g/mol. The highest BCUT2D eigenvalue weighted by molar-refractivity contribution is 8.93. The van der Waals surface area contributed by atoms with Gasteiger partial charge >= 0.3 is 0 Å². The maximum atomic E-state index is 8.25. The Morgan fingerprint density at radius 3 is 1.00 bits per heavy atom. The quantitative estimate of drug-likeness (QED) is 0.503. The summed E-state index contributed by atoms with van der Waals surface area (Å²) in [6.45, 7) is 0. The number of hydrogen-bond donors (Lipinski definition) is 0. The molecule has 0 spiro atoms. The summed E-state index contributed by atoms with van der Waals surface area (Å²) >= 11 is 0. The molecule has 0 radical (unpaired) electrons. The molecule has 0 aliphatic rings. The lowest BCUT2D eigenvalue weighted by Gasteiger charge is -1.74. The van der Waals surface area contributed by atoms with Gasteiger partial charge in [-0.15, -0.1) is 50.9 Å². The predicted octanol–water partition coefficient (Wildman–Crippen LogP) is 1.49. The second-order valence-electron chi connectivity index (χ2n) is 0.224. The predicted molar refractivity (Wildman–Crippen MR) is 41.3 cm³/mol. The van der Waals surface area contributed by atoms with Crippen LogP contribution in [-0.4, -0.2) is 5.09 Å². The Labute approximate surface area is 71.3 Å². The van der Waals surface area contributed by atoms with Crippen LogP contribution in [-0.2, 0) is 0 Å². The number of halogens is 3. The molecule has 0 aliphatic heterocycles. The maximum absolute atomic E-state index is 8.25. The third-order valence-corrected chi connectivity index (χ3v) is 0. The number of hydrogen-bond acceptors (Lipinski definition) is 3. The SMILES string of the molecule is Br.Br.Br.O=[N+]([O-])[O-]. The van der Waals surface area contributed by atoms with E-state index in [1.54, 1.807) is 0 Å². The van der Waals surface area contributed by atoms with Crippen LogP contribution < -0.4 is 0 Å². The molecule has 0 fully saturated rings. The highest BCUT2D eigenvalue weighted by atomic mass is 79.9. The first-order chi connectivity index (χ1) is 1.73. The van der Waals surface area contributed by atoms with Gasteiger partial charge in [0, 0.05) is 0 Å². The van der Waals surface area contributed by atoms with E-state index in [4.69, 9.17) is 15.3 Å². The van der Waals surface area contributed by atoms with Crippen LogP contribution in [0.5, 0.6) is 0 Å². The van der Waals surface area contributed by atoms with Gasteiger partial charge in [0.15, 0.2) is 0 Å². The van der Waals surface area contributed by atoms with Crippen molar-refractivity contribution in [3.63, 3.8) is 0 Å². The molecule has 0 aromatic rings. The van der Waals surface area contributed by atoms with Gasteiger partial charge in [-0.05, 0) is 0 Å². The van der Waals surface area contributed by atoms with E-state index in [1.165, 1.54) is 0 Å². The normalized spacial score (nSPS) is 3.43. The van der Waals surface area contributed by atoms with Crippen LogP contribution in [0.2, 0.25) is 0 Å². The lowest BCUT2D eigenvalue weighted by Crippen LogP contribution is -1.74. The molecule has 0 saturated heterocycles. The van der Waals surface area contributed by atoms with Crippen LogP contribution in [0, 0.1) is 15.3 Å². The second-order valence-corrected chi connectivity index (χ2v) is 0.224. The first kappa shape index (κ1) is 25.4. The lowest BCUT2D eigenvalue weighted by molar-refractivity contribution is -0.402. The van der Waals surface area contributed by atoms with E-state index in [0.29, 0.717) is 0 Å². The van der Waals surface area contributed by atoms with Gasteiger partial charge < -0.3 is 15.3 Å². The van der Waals surface area contributed by atoms with Crippen molar-refractivity contribution in [1.82, 2.24) is 0 Å². The summed E-state index contributed by atoms with van der Waals surface area (Å²) in [5.74, 6) is 0. The minimum absolute atomic E-state index is 0. The highest BCUT2D eigenvalue weighted by Crippen LogP contribution is 1.44. The van der Waals surface area contributed by atoms with E-state index < -0.39 is 5.09 Å². The fourth-order valence-electron chi connectivity index (χ4n) is 0. The lowest BCUT2D eigenvalue weighted by atomic mass is 13.1. The van der Waals surface area contributed by atoms with Gasteiger partial charge in [0.1, 0.15) is 0 Å². The summed E-state index contributed by atoms with van der Waals surface area (Å²) < 4.78 is 0. The zero-order valence-corrected chi connectivity index (χ0v) is 8.04. The Hall–Kier alpha value is 0.640. The molecule has 0 aromatic heterocycles. The van der Waals surface area contributed by atoms with Crippen LogP contribution >= 0.6 is 50.9 Å². The molecule has 0 saturated carbocycles. The smallest absolute Gasteiger partial charge is 0.0689 e. The summed E-state index contributed by atoms with van der Waals surface area (Å²) in [4.78, 5) is 8.25. The van der Waals surface area contributed by atoms with Crippen molar-refractivity contribution in [2.24, 2.45) is 0 Å². The summed E-state index contributed by atoms with van der Waals surface area (Å²) in [6, 6.07) is 0. The largest absolute Gasteiger partial charge is 0.356 e. The summed E-state index contributed by atoms with van der Waals surface area (Å²) in [5, 5.41) is 14.8. The Bertz CT molecular complexity index is 33.2. The van der Waals surface area contributed by atoms with Crippen LogP contribution in [0.15, 0.2) is 0 Å². The van der Waals surface area contributed by atoms with E-state index in [-0.39, 0.29) is 50.9 Å². The summed E-state index contributed by atoms with van der Waals surface area (Å²) in [7, 11) is 0. The number of nitrogens with zero attached hydrogens (tertiary/aromatic N) is 1. The Morgan fingerprint density at radius 2 is 1.00 bits per heavy atom. The molecule has 7 heavy (non-hydrogen) atoms. The standard InChI is InChI=1S/3BrH.NO3/c;;;2-1(3)4/h3*1H;/q;;;-1. The van der Waals surface area contributed by atoms with Gasteiger partial charge in [-0.25, -0.2) is 0 Å². The van der Waals surface area contributed by atoms with Crippen molar-refractivity contribution < 1.29 is 5.09 Å². The molecule has 0 aliphatic carbocycles. The molecule has 0 atom stereocenters. The minimum atomic E-state index is -1.75. The molecule has 0 rings (SSSR count). The van der Waals surface area contributed by atoms with E-state index >= 15 is 0 Å². The second kappa shape index (κ2) is 15.9. The van der Waals surface area contributed by atoms with Crippen LogP contribution in [0.3, 0.4) is 0 Å². The zero-order valence-electron chi connectivity index (χ0n) is 2.90. The Kier molecular flexibility index (Phi) is 57.9. The van der Waals surface area contributed by atoms with Crippen molar-refractivity contribution >= 4 is 50.9 Å². The molecular formula is H3Br3NO3-. The monoisotopic (exact) mass is 302 g/mol. The molecule has 48 valence electrons. The molecule has 7 heteroatoms. The third kappa shape index (κ3) is 349. The topological polar surface area (TPSA) is 66.2 Å². The summed E-state index contributed by atoms with van der Waals surface area (Å²) in [5.41, 5.74) is 0. The van der Waals surface area contributed by atoms with Crippen molar-refractivity contribution in [3.05, 3.63) is 15.3 Å². The van der Waals surface area contributed by atoms with Gasteiger partial charge in [0.25, 0.3) is 0 Å². The highest BCUT2D eigenvalue weighted by Gasteiger charge is 1.45. The van der Waals surface area contributed by atoms with E-state index in [9.17, 15) is 0 Å². The van der Waals surface area contributed by atoms with Crippen molar-refractivity contribution in [1.29, 1.82) is 0 Å². The number of rotatable bonds is 0. The van der Waals surface area contributed by atoms with Gasteiger partial charge in [-0.2, -0.15) is 0 Å². The van der Waals surface area contributed by atoms with Gasteiger partial charge in [0.2, 0.25) is 0 Å². The summed E-state index contributed by atoms with van der Waals surface area (Å²) in [6.07, 6.45) is 0. The fraction of sp³-hybridized carbons (Fsp3) is 0. The van der Waals surface area contributed by atoms with Crippen molar-refractivity contribution in [2.45, 2.75) is 0 Å². The van der Waals surface area contributed by atoms with Crippen molar-refractivity contribution in [3.8, 4) is 0 Å². The van der Waals surface area contributed by atoms with Crippen LogP contribution in [0.4, 0.5) is 0 Å². The minimum Gasteiger partial charge on any atom is -0.356 e. The van der Waals surface area contributed by atoms with Crippen LogP contribution in [0.1, 0.15) is 0 Å². The maximum Gasteiger partial charge on any atom is 0.0689 e. The first-order valence-electron chi connectivity index (χ1n) is 0.548. The average Bonchev–Trinajstić information content (AvgIpc) is 0.811. The van der Waals surface area contributed by atoms with Crippen molar-refractivity contribution in [2.75, 3.05) is 0 Å². The van der Waals surface area contributed by atoms with Crippen LogP contribution in [0.25, 0.3) is 0 Å². The van der Waals surface area contributed by atoms with Gasteiger partial charge in [-0.3, -0.25) is 0 Å². The zero-order chi connectivity index (χ0) is 3.58. The van der Waals surface area contributed by atoms with Gasteiger partial charge in [0.05, 0.1) is 5.09 Å². The molecule has 0 amide bonds. The van der Waals surface area contributed by atoms with E-state index in [0.717, 1.165) is 0 Å². The Morgan fingerprint density at radius 1 is 1.00 bits per heavy atom. The van der Waals surface area contributed by atoms with Gasteiger partial charge in [-0.1, -0.05) is 0 Å². The fourth-order valence-corrected chi connectivity index (χ4v) is 0. The molecule has 0 bridgehead atoms. The molecule has 4 nitrogen and oxygen atoms in total. The van der Waals surface area contributed by atoms with E-state index in [2.05, 4.69) is 0 Å². The van der Waals surface area contributed by atoms with E-state index in [1.807, 2.05) is 0 Å². The first-order valence-corrected chi connectivity index (χ1v) is 0.548. The molecule has 0 unspecified atom stereocenters.